The fourth-order valence-electron chi connectivity index (χ4n) is 2.62. The van der Waals surface area contributed by atoms with Gasteiger partial charge in [0, 0.05) is 12.6 Å². The molecule has 2 heterocycles. The van der Waals surface area contributed by atoms with Crippen molar-refractivity contribution in [3.05, 3.63) is 64.2 Å². The Kier molecular flexibility index (Phi) is 5.74. The van der Waals surface area contributed by atoms with Crippen molar-refractivity contribution in [1.29, 1.82) is 0 Å². The molecule has 0 saturated heterocycles. The molecular weight excluding hydrogens is 403 g/mol. The third-order valence-corrected chi connectivity index (χ3v) is 4.27. The molecule has 3 rings (SSSR count). The summed E-state index contributed by atoms with van der Waals surface area (Å²) in [5.74, 6) is -1.06. The number of halogens is 3. The summed E-state index contributed by atoms with van der Waals surface area (Å²) in [5.41, 5.74) is 0.874. The van der Waals surface area contributed by atoms with Crippen LogP contribution in [0.15, 0.2) is 47.5 Å². The molecule has 0 aliphatic carbocycles. The summed E-state index contributed by atoms with van der Waals surface area (Å²) in [7, 11) is 1.63. The van der Waals surface area contributed by atoms with Gasteiger partial charge in [-0.3, -0.25) is 14.3 Å². The zero-order valence-electron chi connectivity index (χ0n) is 16.0. The van der Waals surface area contributed by atoms with E-state index in [0.717, 1.165) is 10.2 Å². The number of aromatic nitrogens is 4. The van der Waals surface area contributed by atoms with E-state index in [9.17, 15) is 22.8 Å². The number of nitrogens with zero attached hydrogens (tertiary/aromatic N) is 4. The van der Waals surface area contributed by atoms with Gasteiger partial charge in [0.15, 0.2) is 6.10 Å². The lowest BCUT2D eigenvalue weighted by Gasteiger charge is -2.15. The number of amides is 1. The van der Waals surface area contributed by atoms with Gasteiger partial charge in [-0.15, -0.1) is 0 Å². The minimum Gasteiger partial charge on any atom is -0.382 e. The van der Waals surface area contributed by atoms with Gasteiger partial charge in [0.2, 0.25) is 0 Å². The number of aliphatic hydroxyl groups excluding tert-OH is 1. The molecule has 0 aliphatic rings. The van der Waals surface area contributed by atoms with E-state index in [2.05, 4.69) is 10.2 Å². The Hall–Kier alpha value is -3.47. The number of benzene rings is 1. The molecule has 0 radical (unpaired) electrons. The second-order valence-corrected chi connectivity index (χ2v) is 6.67. The Morgan fingerprint density at radius 2 is 1.93 bits per heavy atom. The third-order valence-electron chi connectivity index (χ3n) is 4.27. The molecule has 0 saturated carbocycles. The maximum absolute atomic E-state index is 12.8. The first-order chi connectivity index (χ1) is 14.1. The molecule has 2 N–H and O–H groups in total. The minimum atomic E-state index is -4.89. The monoisotopic (exact) mass is 421 g/mol. The van der Waals surface area contributed by atoms with Crippen molar-refractivity contribution in [2.45, 2.75) is 19.2 Å². The van der Waals surface area contributed by atoms with Crippen molar-refractivity contribution in [1.82, 2.24) is 24.9 Å². The van der Waals surface area contributed by atoms with Crippen LogP contribution in [-0.2, 0) is 7.05 Å². The minimum absolute atomic E-state index is 0.264. The summed E-state index contributed by atoms with van der Waals surface area (Å²) in [5, 5.41) is 19.3. The fourth-order valence-corrected chi connectivity index (χ4v) is 2.62. The van der Waals surface area contributed by atoms with Crippen LogP contribution in [0.25, 0.3) is 16.9 Å². The molecule has 158 valence electrons. The van der Waals surface area contributed by atoms with Crippen molar-refractivity contribution in [3.63, 3.8) is 0 Å². The first kappa shape index (κ1) is 21.2. The predicted octanol–water partition coefficient (Wildman–Crippen LogP) is 1.59. The Bertz CT molecular complexity index is 1120. The Labute approximate surface area is 168 Å². The maximum atomic E-state index is 12.8. The molecular formula is C19H18F3N5O3. The highest BCUT2D eigenvalue weighted by Gasteiger charge is 2.38. The van der Waals surface area contributed by atoms with Gasteiger partial charge in [-0.05, 0) is 13.0 Å². The maximum Gasteiger partial charge on any atom is 0.416 e. The first-order valence-corrected chi connectivity index (χ1v) is 8.79. The number of carbonyl (C=O) groups excluding carboxylic acids is 1. The van der Waals surface area contributed by atoms with Crippen LogP contribution in [0.4, 0.5) is 13.2 Å². The average molecular weight is 421 g/mol. The summed E-state index contributed by atoms with van der Waals surface area (Å²) in [6, 6.07) is 8.32. The fraction of sp³-hybridized carbons (Fsp3) is 0.263. The molecule has 0 spiro atoms. The highest BCUT2D eigenvalue weighted by molar-refractivity contribution is 5.94. The number of rotatable bonds is 5. The number of hydrogen-bond acceptors (Lipinski definition) is 5. The van der Waals surface area contributed by atoms with Gasteiger partial charge in [-0.1, -0.05) is 29.8 Å². The van der Waals surface area contributed by atoms with Crippen molar-refractivity contribution in [2.75, 3.05) is 6.54 Å². The molecule has 0 aliphatic heterocycles. The lowest BCUT2D eigenvalue weighted by Crippen LogP contribution is -2.42. The van der Waals surface area contributed by atoms with Crippen LogP contribution in [0.3, 0.4) is 0 Å². The van der Waals surface area contributed by atoms with Crippen LogP contribution in [0.2, 0.25) is 0 Å². The normalized spacial score (nSPS) is 12.6. The molecule has 3 aromatic rings. The van der Waals surface area contributed by atoms with Gasteiger partial charge in [0.1, 0.15) is 11.3 Å². The number of aryl methyl sites for hydroxylation is 2. The molecule has 1 unspecified atom stereocenters. The van der Waals surface area contributed by atoms with Crippen LogP contribution in [0, 0.1) is 6.92 Å². The van der Waals surface area contributed by atoms with Crippen LogP contribution in [0.1, 0.15) is 15.9 Å². The zero-order chi connectivity index (χ0) is 22.1. The quantitative estimate of drug-likeness (QED) is 0.652. The van der Waals surface area contributed by atoms with Gasteiger partial charge >= 0.3 is 6.18 Å². The summed E-state index contributed by atoms with van der Waals surface area (Å²) >= 11 is 0. The van der Waals surface area contributed by atoms with Crippen molar-refractivity contribution < 1.29 is 23.1 Å². The van der Waals surface area contributed by atoms with E-state index in [1.165, 1.54) is 23.1 Å². The number of hydrogen-bond donors (Lipinski definition) is 2. The summed E-state index contributed by atoms with van der Waals surface area (Å²) in [4.78, 5) is 25.3. The topological polar surface area (TPSA) is 102 Å². The highest BCUT2D eigenvalue weighted by atomic mass is 19.4. The van der Waals surface area contributed by atoms with Crippen LogP contribution in [-0.4, -0.2) is 49.4 Å². The molecule has 30 heavy (non-hydrogen) atoms. The Balaban J connectivity index is 2.05. The van der Waals surface area contributed by atoms with E-state index in [1.54, 1.807) is 19.2 Å². The third kappa shape index (κ3) is 4.57. The van der Waals surface area contributed by atoms with Crippen molar-refractivity contribution in [2.24, 2.45) is 7.05 Å². The van der Waals surface area contributed by atoms with E-state index >= 15 is 0 Å². The van der Waals surface area contributed by atoms with E-state index < -0.39 is 35.9 Å². The highest BCUT2D eigenvalue weighted by Crippen LogP contribution is 2.20. The van der Waals surface area contributed by atoms with E-state index in [4.69, 9.17) is 5.11 Å². The first-order valence-electron chi connectivity index (χ1n) is 8.79. The van der Waals surface area contributed by atoms with Crippen LogP contribution >= 0.6 is 0 Å². The van der Waals surface area contributed by atoms with Crippen molar-refractivity contribution in [3.8, 4) is 16.9 Å². The standard InChI is InChI=1S/C19H18F3N5O3/c1-11-3-5-12(6-4-11)15-7-14(17(29)23-9-16(28)19(20,21)22)18(30)27(25-15)13-8-24-26(2)10-13/h3-8,10,16,28H,9H2,1-2H3,(H,23,29). The van der Waals surface area contributed by atoms with Crippen LogP contribution < -0.4 is 10.9 Å². The predicted molar refractivity (Wildman–Crippen MR) is 101 cm³/mol. The lowest BCUT2D eigenvalue weighted by atomic mass is 10.1. The van der Waals surface area contributed by atoms with E-state index in [-0.39, 0.29) is 11.4 Å². The zero-order valence-corrected chi connectivity index (χ0v) is 16.0. The number of nitrogens with one attached hydrogen (secondary N) is 1. The molecule has 1 atom stereocenters. The average Bonchev–Trinajstić information content (AvgIpc) is 3.12. The molecule has 2 aromatic heterocycles. The number of aliphatic hydroxyl groups is 1. The van der Waals surface area contributed by atoms with E-state index in [1.807, 2.05) is 24.4 Å². The Morgan fingerprint density at radius 1 is 1.27 bits per heavy atom. The molecule has 0 fully saturated rings. The molecule has 0 bridgehead atoms. The second kappa shape index (κ2) is 8.11. The van der Waals surface area contributed by atoms with Gasteiger partial charge in [-0.25, -0.2) is 0 Å². The molecule has 8 nitrogen and oxygen atoms in total. The summed E-state index contributed by atoms with van der Waals surface area (Å²) in [6.07, 6.45) is -4.78. The van der Waals surface area contributed by atoms with Crippen molar-refractivity contribution >= 4 is 5.91 Å². The number of carbonyl (C=O) groups is 1. The summed E-state index contributed by atoms with van der Waals surface area (Å²) < 4.78 is 39.9. The molecule has 11 heteroatoms. The largest absolute Gasteiger partial charge is 0.416 e. The van der Waals surface area contributed by atoms with Gasteiger partial charge in [0.05, 0.1) is 24.6 Å². The number of alkyl halides is 3. The molecule has 1 aromatic carbocycles. The smallest absolute Gasteiger partial charge is 0.382 e. The molecule has 1 amide bonds. The van der Waals surface area contributed by atoms with Crippen LogP contribution in [0.5, 0.6) is 0 Å². The van der Waals surface area contributed by atoms with Gasteiger partial charge in [0.25, 0.3) is 11.5 Å². The van der Waals surface area contributed by atoms with Gasteiger partial charge < -0.3 is 10.4 Å². The van der Waals surface area contributed by atoms with E-state index in [0.29, 0.717) is 5.56 Å². The second-order valence-electron chi connectivity index (χ2n) is 6.67. The van der Waals surface area contributed by atoms with Gasteiger partial charge in [-0.2, -0.15) is 28.1 Å². The SMILES string of the molecule is Cc1ccc(-c2cc(C(=O)NCC(O)C(F)(F)F)c(=O)n(-c3cnn(C)c3)n2)cc1. The Morgan fingerprint density at radius 3 is 2.50 bits per heavy atom. The summed E-state index contributed by atoms with van der Waals surface area (Å²) in [6.45, 7) is 0.801. The lowest BCUT2D eigenvalue weighted by molar-refractivity contribution is -0.201.